The van der Waals surface area contributed by atoms with Crippen molar-refractivity contribution >= 4 is 28.4 Å². The Hall–Kier alpha value is -0.470. The molecule has 0 saturated carbocycles. The first kappa shape index (κ1) is 14.6. The summed E-state index contributed by atoms with van der Waals surface area (Å²) in [7, 11) is 5.23. The minimum absolute atomic E-state index is 0.507. The third-order valence-electron chi connectivity index (χ3n) is 2.23. The lowest BCUT2D eigenvalue weighted by Crippen LogP contribution is -2.09. The Morgan fingerprint density at radius 2 is 2.00 bits per heavy atom. The molecule has 6 heteroatoms. The van der Waals surface area contributed by atoms with Crippen LogP contribution in [0, 0.1) is 3.57 Å². The zero-order valence-electron chi connectivity index (χ0n) is 10.4. The summed E-state index contributed by atoms with van der Waals surface area (Å²) < 4.78 is 11.2. The average Bonchev–Trinajstić information content (AvgIpc) is 2.33. The first-order chi connectivity index (χ1) is 8.22. The van der Waals surface area contributed by atoms with Gasteiger partial charge in [-0.15, -0.1) is 0 Å². The van der Waals surface area contributed by atoms with E-state index < -0.39 is 0 Å². The van der Waals surface area contributed by atoms with Crippen LogP contribution in [0.25, 0.3) is 0 Å². The summed E-state index contributed by atoms with van der Waals surface area (Å²) in [4.78, 5) is 8.97. The second-order valence-corrected chi connectivity index (χ2v) is 4.61. The number of methoxy groups -OCH3 is 2. The van der Waals surface area contributed by atoms with Gasteiger partial charge in [-0.05, 0) is 29.0 Å². The van der Waals surface area contributed by atoms with Crippen molar-refractivity contribution in [3.8, 4) is 0 Å². The van der Waals surface area contributed by atoms with Crippen molar-refractivity contribution in [1.29, 1.82) is 0 Å². The molecule has 0 amide bonds. The van der Waals surface area contributed by atoms with Gasteiger partial charge >= 0.3 is 0 Å². The lowest BCUT2D eigenvalue weighted by atomic mass is 10.3. The van der Waals surface area contributed by atoms with Gasteiger partial charge in [-0.25, -0.2) is 9.97 Å². The maximum atomic E-state index is 5.14. The van der Waals surface area contributed by atoms with Crippen LogP contribution in [0.1, 0.15) is 17.9 Å². The highest BCUT2D eigenvalue weighted by molar-refractivity contribution is 14.1. The normalized spacial score (nSPS) is 10.6. The van der Waals surface area contributed by atoms with Crippen LogP contribution in [0.5, 0.6) is 0 Å². The largest absolute Gasteiger partial charge is 0.385 e. The van der Waals surface area contributed by atoms with Crippen molar-refractivity contribution in [3.63, 3.8) is 0 Å². The average molecular weight is 351 g/mol. The van der Waals surface area contributed by atoms with Crippen molar-refractivity contribution < 1.29 is 9.47 Å². The van der Waals surface area contributed by atoms with E-state index in [1.807, 2.05) is 7.05 Å². The highest BCUT2D eigenvalue weighted by atomic mass is 127. The van der Waals surface area contributed by atoms with Crippen molar-refractivity contribution in [2.24, 2.45) is 0 Å². The molecule has 1 aromatic rings. The molecule has 0 aliphatic carbocycles. The van der Waals surface area contributed by atoms with Gasteiger partial charge < -0.3 is 14.8 Å². The number of aromatic nitrogens is 2. The van der Waals surface area contributed by atoms with E-state index in [0.717, 1.165) is 40.4 Å². The third-order valence-corrected chi connectivity index (χ3v) is 3.37. The minimum Gasteiger partial charge on any atom is -0.385 e. The molecule has 0 aliphatic heterocycles. The maximum absolute atomic E-state index is 5.14. The van der Waals surface area contributed by atoms with Gasteiger partial charge in [0, 0.05) is 34.3 Å². The second-order valence-electron chi connectivity index (χ2n) is 3.53. The zero-order valence-corrected chi connectivity index (χ0v) is 12.6. The fourth-order valence-electron chi connectivity index (χ4n) is 1.43. The van der Waals surface area contributed by atoms with E-state index in [0.29, 0.717) is 6.61 Å². The van der Waals surface area contributed by atoms with Crippen LogP contribution in [0.4, 0.5) is 5.82 Å². The Morgan fingerprint density at radius 3 is 2.59 bits per heavy atom. The topological polar surface area (TPSA) is 56.3 Å². The van der Waals surface area contributed by atoms with Crippen LogP contribution in [0.3, 0.4) is 0 Å². The third kappa shape index (κ3) is 4.36. The van der Waals surface area contributed by atoms with Gasteiger partial charge in [0.05, 0.1) is 15.9 Å². The molecule has 0 bridgehead atoms. The van der Waals surface area contributed by atoms with Gasteiger partial charge in [0.1, 0.15) is 11.6 Å². The fraction of sp³-hybridized carbons (Fsp3) is 0.636. The number of hydrogen-bond acceptors (Lipinski definition) is 5. The molecular formula is C11H18IN3O2. The highest BCUT2D eigenvalue weighted by Crippen LogP contribution is 2.19. The fourth-order valence-corrected chi connectivity index (χ4v) is 2.10. The predicted molar refractivity (Wildman–Crippen MR) is 75.2 cm³/mol. The van der Waals surface area contributed by atoms with E-state index in [1.165, 1.54) is 0 Å². The molecule has 1 N–H and O–H groups in total. The van der Waals surface area contributed by atoms with Crippen LogP contribution < -0.4 is 5.32 Å². The van der Waals surface area contributed by atoms with E-state index in [4.69, 9.17) is 9.47 Å². The Labute approximate surface area is 115 Å². The number of nitrogens with zero attached hydrogens (tertiary/aromatic N) is 2. The van der Waals surface area contributed by atoms with Crippen molar-refractivity contribution in [2.45, 2.75) is 19.4 Å². The monoisotopic (exact) mass is 351 g/mol. The summed E-state index contributed by atoms with van der Waals surface area (Å²) in [6.07, 6.45) is 1.74. The van der Waals surface area contributed by atoms with Crippen molar-refractivity contribution in [3.05, 3.63) is 15.1 Å². The summed E-state index contributed by atoms with van der Waals surface area (Å²) >= 11 is 2.23. The van der Waals surface area contributed by atoms with Crippen LogP contribution in [-0.2, 0) is 22.5 Å². The van der Waals surface area contributed by atoms with E-state index in [1.54, 1.807) is 14.2 Å². The van der Waals surface area contributed by atoms with E-state index in [9.17, 15) is 0 Å². The van der Waals surface area contributed by atoms with Gasteiger partial charge in [0.2, 0.25) is 0 Å². The van der Waals surface area contributed by atoms with Gasteiger partial charge in [0.15, 0.2) is 0 Å². The van der Waals surface area contributed by atoms with Crippen molar-refractivity contribution in [2.75, 3.05) is 33.2 Å². The lowest BCUT2D eigenvalue weighted by molar-refractivity contribution is 0.180. The molecule has 0 aliphatic rings. The Kier molecular flexibility index (Phi) is 6.68. The van der Waals surface area contributed by atoms with E-state index in [2.05, 4.69) is 37.9 Å². The predicted octanol–water partition coefficient (Wildman–Crippen LogP) is 1.85. The number of ether oxygens (including phenoxy) is 2. The molecule has 0 unspecified atom stereocenters. The number of rotatable bonds is 7. The molecule has 0 saturated heterocycles. The number of halogens is 1. The number of nitrogens with one attached hydrogen (secondary N) is 1. The summed E-state index contributed by atoms with van der Waals surface area (Å²) in [6.45, 7) is 1.23. The molecule has 0 atom stereocenters. The van der Waals surface area contributed by atoms with Crippen LogP contribution in [0.2, 0.25) is 0 Å². The molecule has 0 aromatic carbocycles. The highest BCUT2D eigenvalue weighted by Gasteiger charge is 2.10. The summed E-state index contributed by atoms with van der Waals surface area (Å²) in [5.74, 6) is 1.69. The SMILES string of the molecule is CNc1nc(CCCOC)nc(COC)c1I. The smallest absolute Gasteiger partial charge is 0.143 e. The van der Waals surface area contributed by atoms with Gasteiger partial charge in [-0.1, -0.05) is 0 Å². The summed E-state index contributed by atoms with van der Waals surface area (Å²) in [5, 5.41) is 3.08. The van der Waals surface area contributed by atoms with Crippen LogP contribution in [0.15, 0.2) is 0 Å². The Morgan fingerprint density at radius 1 is 1.24 bits per heavy atom. The van der Waals surface area contributed by atoms with Gasteiger partial charge in [-0.2, -0.15) is 0 Å². The quantitative estimate of drug-likeness (QED) is 0.600. The van der Waals surface area contributed by atoms with Crippen LogP contribution >= 0.6 is 22.6 Å². The number of hydrogen-bond donors (Lipinski definition) is 1. The zero-order chi connectivity index (χ0) is 12.7. The maximum Gasteiger partial charge on any atom is 0.143 e. The standard InChI is InChI=1S/C11H18IN3O2/c1-13-11-10(12)8(7-17-3)14-9(15-11)5-4-6-16-2/h4-7H2,1-3H3,(H,13,14,15). The first-order valence-corrected chi connectivity index (χ1v) is 6.51. The van der Waals surface area contributed by atoms with Gasteiger partial charge in [0.25, 0.3) is 0 Å². The van der Waals surface area contributed by atoms with Crippen molar-refractivity contribution in [1.82, 2.24) is 9.97 Å². The number of anilines is 1. The van der Waals surface area contributed by atoms with E-state index in [-0.39, 0.29) is 0 Å². The van der Waals surface area contributed by atoms with Crippen LogP contribution in [-0.4, -0.2) is 37.8 Å². The molecule has 0 spiro atoms. The molecule has 96 valence electrons. The van der Waals surface area contributed by atoms with Gasteiger partial charge in [-0.3, -0.25) is 0 Å². The number of aryl methyl sites for hydroxylation is 1. The lowest BCUT2D eigenvalue weighted by Gasteiger charge is -2.10. The summed E-state index contributed by atoms with van der Waals surface area (Å²) in [5.41, 5.74) is 0.930. The molecule has 0 radical (unpaired) electrons. The second kappa shape index (κ2) is 7.78. The molecule has 1 heterocycles. The molecular weight excluding hydrogens is 333 g/mol. The molecule has 17 heavy (non-hydrogen) atoms. The molecule has 1 rings (SSSR count). The Bertz CT molecular complexity index is 361. The summed E-state index contributed by atoms with van der Waals surface area (Å²) in [6, 6.07) is 0. The molecule has 1 aromatic heterocycles. The molecule has 0 fully saturated rings. The minimum atomic E-state index is 0.507. The Balaban J connectivity index is 2.86. The molecule has 5 nitrogen and oxygen atoms in total. The van der Waals surface area contributed by atoms with E-state index >= 15 is 0 Å². The first-order valence-electron chi connectivity index (χ1n) is 5.43.